The van der Waals surface area contributed by atoms with Crippen molar-refractivity contribution in [2.45, 2.75) is 39.9 Å². The van der Waals surface area contributed by atoms with Crippen LogP contribution in [-0.4, -0.2) is 7.05 Å². The van der Waals surface area contributed by atoms with Crippen LogP contribution in [0.2, 0.25) is 0 Å². The molecule has 118 valence electrons. The minimum absolute atomic E-state index is 0.0554. The molecule has 5 heteroatoms. The van der Waals surface area contributed by atoms with Gasteiger partial charge in [-0.15, -0.1) is 0 Å². The topological polar surface area (TPSA) is 12.0 Å². The van der Waals surface area contributed by atoms with Gasteiger partial charge in [0.2, 0.25) is 0 Å². The zero-order valence-electron chi connectivity index (χ0n) is 12.9. The lowest BCUT2D eigenvalue weighted by atomic mass is 9.95. The quantitative estimate of drug-likeness (QED) is 0.792. The van der Waals surface area contributed by atoms with E-state index < -0.39 is 17.6 Å². The predicted octanol–water partition coefficient (Wildman–Crippen LogP) is 4.79. The van der Waals surface area contributed by atoms with Crippen LogP contribution < -0.4 is 5.32 Å². The second kappa shape index (κ2) is 4.70. The van der Waals surface area contributed by atoms with Gasteiger partial charge in [0.1, 0.15) is 5.82 Å². The van der Waals surface area contributed by atoms with Crippen molar-refractivity contribution in [3.8, 4) is 0 Å². The first-order valence-corrected chi connectivity index (χ1v) is 6.98. The molecule has 1 unspecified atom stereocenters. The van der Waals surface area contributed by atoms with Crippen molar-refractivity contribution < 1.29 is 17.6 Å². The molecule has 1 aromatic carbocycles. The van der Waals surface area contributed by atoms with E-state index in [1.807, 2.05) is 0 Å². The fourth-order valence-electron chi connectivity index (χ4n) is 3.56. The molecule has 0 spiro atoms. The van der Waals surface area contributed by atoms with Crippen molar-refractivity contribution in [1.82, 2.24) is 5.32 Å². The van der Waals surface area contributed by atoms with E-state index >= 15 is 0 Å². The SMILES string of the molecule is CNC(c1ccc(C(F)(F)F)c(F)c1)C1C(C)(C)C1(C)C. The summed E-state index contributed by atoms with van der Waals surface area (Å²) in [6, 6.07) is 3.05. The molecule has 0 saturated heterocycles. The average molecular weight is 303 g/mol. The van der Waals surface area contributed by atoms with Crippen molar-refractivity contribution in [3.05, 3.63) is 35.1 Å². The van der Waals surface area contributed by atoms with Crippen LogP contribution >= 0.6 is 0 Å². The van der Waals surface area contributed by atoms with Gasteiger partial charge in [0.15, 0.2) is 0 Å². The maximum absolute atomic E-state index is 13.8. The number of rotatable bonds is 3. The lowest BCUT2D eigenvalue weighted by Gasteiger charge is -2.20. The van der Waals surface area contributed by atoms with Gasteiger partial charge in [0.25, 0.3) is 0 Å². The first-order chi connectivity index (χ1) is 9.44. The van der Waals surface area contributed by atoms with Gasteiger partial charge in [0.05, 0.1) is 5.56 Å². The summed E-state index contributed by atoms with van der Waals surface area (Å²) in [5.41, 5.74) is -0.540. The highest BCUT2D eigenvalue weighted by Crippen LogP contribution is 2.72. The maximum Gasteiger partial charge on any atom is 0.419 e. The van der Waals surface area contributed by atoms with Crippen LogP contribution in [-0.2, 0) is 6.18 Å². The monoisotopic (exact) mass is 303 g/mol. The van der Waals surface area contributed by atoms with Crippen LogP contribution in [0.15, 0.2) is 18.2 Å². The van der Waals surface area contributed by atoms with Crippen molar-refractivity contribution >= 4 is 0 Å². The van der Waals surface area contributed by atoms with Crippen LogP contribution in [0.1, 0.15) is 44.9 Å². The van der Waals surface area contributed by atoms with Crippen LogP contribution in [0.4, 0.5) is 17.6 Å². The van der Waals surface area contributed by atoms with Crippen LogP contribution in [0.5, 0.6) is 0 Å². The number of hydrogen-bond donors (Lipinski definition) is 1. The third kappa shape index (κ3) is 2.45. The highest BCUT2D eigenvalue weighted by molar-refractivity contribution is 5.32. The van der Waals surface area contributed by atoms with Crippen LogP contribution in [0, 0.1) is 22.6 Å². The summed E-state index contributed by atoms with van der Waals surface area (Å²) in [6.45, 7) is 8.51. The van der Waals surface area contributed by atoms with E-state index in [0.717, 1.165) is 12.1 Å². The summed E-state index contributed by atoms with van der Waals surface area (Å²) >= 11 is 0. The fraction of sp³-hybridized carbons (Fsp3) is 0.625. The zero-order chi connectivity index (χ0) is 16.2. The molecule has 1 aromatic rings. The summed E-state index contributed by atoms with van der Waals surface area (Å²) in [5, 5.41) is 3.13. The van der Waals surface area contributed by atoms with E-state index in [9.17, 15) is 17.6 Å². The molecule has 1 atom stereocenters. The van der Waals surface area contributed by atoms with E-state index in [4.69, 9.17) is 0 Å². The minimum atomic E-state index is -4.66. The van der Waals surface area contributed by atoms with E-state index in [2.05, 4.69) is 33.0 Å². The Balaban J connectivity index is 2.36. The van der Waals surface area contributed by atoms with Crippen molar-refractivity contribution in [2.75, 3.05) is 7.05 Å². The number of hydrogen-bond acceptors (Lipinski definition) is 1. The van der Waals surface area contributed by atoms with Gasteiger partial charge in [-0.25, -0.2) is 4.39 Å². The summed E-state index contributed by atoms with van der Waals surface area (Å²) < 4.78 is 51.6. The molecular weight excluding hydrogens is 282 g/mol. The normalized spacial score (nSPS) is 22.1. The molecule has 1 N–H and O–H groups in total. The van der Waals surface area contributed by atoms with Gasteiger partial charge < -0.3 is 5.32 Å². The Bertz CT molecular complexity index is 532. The Morgan fingerprint density at radius 2 is 1.62 bits per heavy atom. The van der Waals surface area contributed by atoms with E-state index in [-0.39, 0.29) is 22.8 Å². The van der Waals surface area contributed by atoms with Crippen molar-refractivity contribution in [1.29, 1.82) is 0 Å². The van der Waals surface area contributed by atoms with Gasteiger partial charge in [0, 0.05) is 6.04 Å². The summed E-state index contributed by atoms with van der Waals surface area (Å²) in [4.78, 5) is 0. The molecule has 0 heterocycles. The number of benzene rings is 1. The Labute approximate surface area is 122 Å². The first-order valence-electron chi connectivity index (χ1n) is 6.98. The second-order valence-corrected chi connectivity index (χ2v) is 6.92. The third-order valence-corrected chi connectivity index (χ3v) is 5.43. The van der Waals surface area contributed by atoms with E-state index in [1.54, 1.807) is 7.05 Å². The molecule has 1 aliphatic rings. The maximum atomic E-state index is 13.8. The standard InChI is InChI=1S/C16H21F4N/c1-14(2)13(15(14,3)4)12(21-5)9-6-7-10(11(17)8-9)16(18,19)20/h6-8,12-13,21H,1-5H3. The molecule has 1 nitrogen and oxygen atoms in total. The Morgan fingerprint density at radius 1 is 1.10 bits per heavy atom. The molecule has 0 bridgehead atoms. The largest absolute Gasteiger partial charge is 0.419 e. The summed E-state index contributed by atoms with van der Waals surface area (Å²) in [7, 11) is 1.75. The summed E-state index contributed by atoms with van der Waals surface area (Å²) in [6.07, 6.45) is -4.66. The van der Waals surface area contributed by atoms with Crippen LogP contribution in [0.25, 0.3) is 0 Å². The average Bonchev–Trinajstić information content (AvgIpc) is 2.71. The zero-order valence-corrected chi connectivity index (χ0v) is 12.9. The molecule has 0 aliphatic heterocycles. The van der Waals surface area contributed by atoms with Crippen molar-refractivity contribution in [2.24, 2.45) is 16.7 Å². The Morgan fingerprint density at radius 3 is 1.95 bits per heavy atom. The second-order valence-electron chi connectivity index (χ2n) is 6.92. The molecule has 0 radical (unpaired) electrons. The van der Waals surface area contributed by atoms with Gasteiger partial charge in [-0.1, -0.05) is 33.8 Å². The predicted molar refractivity (Wildman–Crippen MR) is 74.3 cm³/mol. The highest BCUT2D eigenvalue weighted by Gasteiger charge is 2.67. The van der Waals surface area contributed by atoms with Gasteiger partial charge in [-0.2, -0.15) is 13.2 Å². The Kier molecular flexibility index (Phi) is 3.64. The number of nitrogens with one attached hydrogen (secondary N) is 1. The van der Waals surface area contributed by atoms with Gasteiger partial charge in [-0.05, 0) is 41.5 Å². The smallest absolute Gasteiger partial charge is 0.313 e. The number of halogens is 4. The minimum Gasteiger partial charge on any atom is -0.313 e. The number of alkyl halides is 3. The molecule has 0 amide bonds. The lowest BCUT2D eigenvalue weighted by molar-refractivity contribution is -0.140. The Hall–Kier alpha value is -1.10. The molecule has 0 aromatic heterocycles. The van der Waals surface area contributed by atoms with Gasteiger partial charge in [-0.3, -0.25) is 0 Å². The van der Waals surface area contributed by atoms with Gasteiger partial charge >= 0.3 is 6.18 Å². The highest BCUT2D eigenvalue weighted by atomic mass is 19.4. The lowest BCUT2D eigenvalue weighted by Crippen LogP contribution is -2.22. The van der Waals surface area contributed by atoms with E-state index in [0.29, 0.717) is 5.56 Å². The molecular formula is C16H21F4N. The van der Waals surface area contributed by atoms with Crippen LogP contribution in [0.3, 0.4) is 0 Å². The van der Waals surface area contributed by atoms with Crippen molar-refractivity contribution in [3.63, 3.8) is 0 Å². The molecule has 21 heavy (non-hydrogen) atoms. The van der Waals surface area contributed by atoms with E-state index in [1.165, 1.54) is 6.07 Å². The third-order valence-electron chi connectivity index (χ3n) is 5.43. The fourth-order valence-corrected chi connectivity index (χ4v) is 3.56. The summed E-state index contributed by atoms with van der Waals surface area (Å²) in [5.74, 6) is -0.970. The molecule has 1 saturated carbocycles. The molecule has 1 aliphatic carbocycles. The first kappa shape index (κ1) is 16.3. The molecule has 2 rings (SSSR count). The molecule has 1 fully saturated rings.